The van der Waals surface area contributed by atoms with Gasteiger partial charge in [-0.25, -0.2) is 4.57 Å². The molecule has 1 N–H and O–H groups in total. The highest BCUT2D eigenvalue weighted by Crippen LogP contribution is 2.26. The predicted octanol–water partition coefficient (Wildman–Crippen LogP) is 3.03. The highest BCUT2D eigenvalue weighted by molar-refractivity contribution is 6.30. The SMILES string of the molecule is Cc1c(OCCCOc2ccc(Cl)cc2)c(O)cc[n+]1C. The zero-order valence-corrected chi connectivity index (χ0v) is 12.9. The Labute approximate surface area is 129 Å². The molecule has 1 heterocycles. The van der Waals surface area contributed by atoms with Crippen LogP contribution in [-0.4, -0.2) is 18.3 Å². The van der Waals surface area contributed by atoms with E-state index in [0.717, 1.165) is 17.9 Å². The van der Waals surface area contributed by atoms with E-state index in [4.69, 9.17) is 21.1 Å². The number of pyridine rings is 1. The van der Waals surface area contributed by atoms with E-state index < -0.39 is 0 Å². The van der Waals surface area contributed by atoms with Crippen LogP contribution < -0.4 is 14.0 Å². The molecule has 0 aliphatic rings. The Morgan fingerprint density at radius 3 is 2.48 bits per heavy atom. The molecular formula is C16H19ClNO3+. The summed E-state index contributed by atoms with van der Waals surface area (Å²) in [6.45, 7) is 2.92. The Bertz CT molecular complexity index is 599. The van der Waals surface area contributed by atoms with E-state index in [1.54, 1.807) is 24.4 Å². The smallest absolute Gasteiger partial charge is 0.228 e. The minimum atomic E-state index is 0.157. The molecule has 0 fully saturated rings. The Morgan fingerprint density at radius 1 is 1.10 bits per heavy atom. The summed E-state index contributed by atoms with van der Waals surface area (Å²) in [5.41, 5.74) is 0.883. The lowest BCUT2D eigenvalue weighted by Crippen LogP contribution is -2.31. The van der Waals surface area contributed by atoms with Crippen molar-refractivity contribution in [3.8, 4) is 17.2 Å². The molecule has 0 aliphatic carbocycles. The van der Waals surface area contributed by atoms with Crippen LogP contribution in [0, 0.1) is 6.92 Å². The first kappa shape index (κ1) is 15.4. The second kappa shape index (κ2) is 7.18. The van der Waals surface area contributed by atoms with Crippen LogP contribution in [0.2, 0.25) is 5.02 Å². The molecular weight excluding hydrogens is 290 g/mol. The van der Waals surface area contributed by atoms with Gasteiger partial charge in [0, 0.05) is 24.4 Å². The zero-order chi connectivity index (χ0) is 15.2. The fourth-order valence-electron chi connectivity index (χ4n) is 1.85. The van der Waals surface area contributed by atoms with Gasteiger partial charge in [-0.1, -0.05) is 11.6 Å². The number of ether oxygens (including phenoxy) is 2. The van der Waals surface area contributed by atoms with Crippen LogP contribution in [0.25, 0.3) is 0 Å². The number of rotatable bonds is 6. The van der Waals surface area contributed by atoms with Crippen LogP contribution in [0.15, 0.2) is 36.5 Å². The maximum absolute atomic E-state index is 9.79. The Balaban J connectivity index is 1.78. The minimum absolute atomic E-state index is 0.157. The van der Waals surface area contributed by atoms with Crippen LogP contribution >= 0.6 is 11.6 Å². The van der Waals surface area contributed by atoms with Gasteiger partial charge in [0.25, 0.3) is 0 Å². The average Bonchev–Trinajstić information content (AvgIpc) is 2.48. The molecule has 0 amide bonds. The molecule has 1 aromatic carbocycles. The van der Waals surface area contributed by atoms with Crippen LogP contribution in [0.3, 0.4) is 0 Å². The summed E-state index contributed by atoms with van der Waals surface area (Å²) in [7, 11) is 1.91. The Kier molecular flexibility index (Phi) is 5.28. The van der Waals surface area contributed by atoms with Crippen LogP contribution in [-0.2, 0) is 7.05 Å². The highest BCUT2D eigenvalue weighted by atomic mass is 35.5. The Hall–Kier alpha value is -1.94. The van der Waals surface area contributed by atoms with Crippen molar-refractivity contribution < 1.29 is 19.1 Å². The van der Waals surface area contributed by atoms with Crippen molar-refractivity contribution in [3.05, 3.63) is 47.2 Å². The second-order valence-corrected chi connectivity index (χ2v) is 5.17. The standard InChI is InChI=1S/C16H18ClNO3/c1-12-16(15(19)8-9-18(12)2)21-11-3-10-20-14-6-4-13(17)5-7-14/h4-9H,3,10-11H2,1-2H3/p+1. The van der Waals surface area contributed by atoms with Gasteiger partial charge in [-0.15, -0.1) is 0 Å². The average molecular weight is 309 g/mol. The van der Waals surface area contributed by atoms with Gasteiger partial charge in [-0.05, 0) is 24.3 Å². The van der Waals surface area contributed by atoms with Crippen molar-refractivity contribution in [3.63, 3.8) is 0 Å². The first-order chi connectivity index (χ1) is 10.1. The van der Waals surface area contributed by atoms with Crippen molar-refractivity contribution in [2.24, 2.45) is 7.05 Å². The maximum Gasteiger partial charge on any atom is 0.228 e. The summed E-state index contributed by atoms with van der Waals surface area (Å²) in [5.74, 6) is 1.46. The molecule has 0 atom stereocenters. The summed E-state index contributed by atoms with van der Waals surface area (Å²) in [4.78, 5) is 0. The van der Waals surface area contributed by atoms with Crippen molar-refractivity contribution in [1.82, 2.24) is 0 Å². The van der Waals surface area contributed by atoms with E-state index in [-0.39, 0.29) is 5.75 Å². The monoisotopic (exact) mass is 308 g/mol. The summed E-state index contributed by atoms with van der Waals surface area (Å²) in [6.07, 6.45) is 2.52. The Morgan fingerprint density at radius 2 is 1.76 bits per heavy atom. The molecule has 4 nitrogen and oxygen atoms in total. The molecule has 1 aromatic heterocycles. The first-order valence-corrected chi connectivity index (χ1v) is 7.15. The van der Waals surface area contributed by atoms with Crippen molar-refractivity contribution in [1.29, 1.82) is 0 Å². The first-order valence-electron chi connectivity index (χ1n) is 6.77. The lowest BCUT2D eigenvalue weighted by Gasteiger charge is -2.10. The van der Waals surface area contributed by atoms with Gasteiger partial charge < -0.3 is 14.6 Å². The molecule has 0 bridgehead atoms. The van der Waals surface area contributed by atoms with Crippen molar-refractivity contribution in [2.45, 2.75) is 13.3 Å². The number of hydrogen-bond donors (Lipinski definition) is 1. The quantitative estimate of drug-likeness (QED) is 0.659. The van der Waals surface area contributed by atoms with Gasteiger partial charge in [0.2, 0.25) is 11.4 Å². The molecule has 0 saturated heterocycles. The summed E-state index contributed by atoms with van der Waals surface area (Å²) in [5, 5.41) is 10.5. The van der Waals surface area contributed by atoms with Crippen LogP contribution in [0.4, 0.5) is 0 Å². The number of aromatic nitrogens is 1. The van der Waals surface area contributed by atoms with Crippen molar-refractivity contribution in [2.75, 3.05) is 13.2 Å². The lowest BCUT2D eigenvalue weighted by atomic mass is 10.3. The number of aryl methyl sites for hydroxylation is 1. The summed E-state index contributed by atoms with van der Waals surface area (Å²) < 4.78 is 13.1. The number of hydrogen-bond acceptors (Lipinski definition) is 3. The molecule has 5 heteroatoms. The van der Waals surface area contributed by atoms with Gasteiger partial charge in [-0.2, -0.15) is 0 Å². The maximum atomic E-state index is 9.79. The fourth-order valence-corrected chi connectivity index (χ4v) is 1.97. The zero-order valence-electron chi connectivity index (χ0n) is 12.2. The molecule has 2 aromatic rings. The molecule has 112 valence electrons. The normalized spacial score (nSPS) is 10.4. The van der Waals surface area contributed by atoms with Crippen LogP contribution in [0.5, 0.6) is 17.2 Å². The molecule has 0 radical (unpaired) electrons. The van der Waals surface area contributed by atoms with Gasteiger partial charge >= 0.3 is 0 Å². The van der Waals surface area contributed by atoms with E-state index in [2.05, 4.69) is 0 Å². The third-order valence-corrected chi connectivity index (χ3v) is 3.42. The van der Waals surface area contributed by atoms with E-state index >= 15 is 0 Å². The van der Waals surface area contributed by atoms with E-state index in [1.807, 2.05) is 30.7 Å². The largest absolute Gasteiger partial charge is 0.504 e. The molecule has 0 saturated carbocycles. The number of aromatic hydroxyl groups is 1. The van der Waals surface area contributed by atoms with E-state index in [9.17, 15) is 5.11 Å². The summed E-state index contributed by atoms with van der Waals surface area (Å²) in [6, 6.07) is 8.86. The third-order valence-electron chi connectivity index (χ3n) is 3.16. The number of nitrogens with zero attached hydrogens (tertiary/aromatic N) is 1. The van der Waals surface area contributed by atoms with E-state index in [1.165, 1.54) is 0 Å². The van der Waals surface area contributed by atoms with Crippen LogP contribution in [0.1, 0.15) is 12.1 Å². The second-order valence-electron chi connectivity index (χ2n) is 4.73. The highest BCUT2D eigenvalue weighted by Gasteiger charge is 2.14. The third kappa shape index (κ3) is 4.26. The van der Waals surface area contributed by atoms with Crippen molar-refractivity contribution >= 4 is 11.6 Å². The molecule has 21 heavy (non-hydrogen) atoms. The molecule has 0 spiro atoms. The molecule has 0 aliphatic heterocycles. The fraction of sp³-hybridized carbons (Fsp3) is 0.312. The predicted molar refractivity (Wildman–Crippen MR) is 81.1 cm³/mol. The van der Waals surface area contributed by atoms with Gasteiger partial charge in [0.15, 0.2) is 11.9 Å². The van der Waals surface area contributed by atoms with Gasteiger partial charge in [-0.3, -0.25) is 0 Å². The lowest BCUT2D eigenvalue weighted by molar-refractivity contribution is -0.678. The summed E-state index contributed by atoms with van der Waals surface area (Å²) >= 11 is 5.80. The number of benzene rings is 1. The van der Waals surface area contributed by atoms with E-state index in [0.29, 0.717) is 24.0 Å². The molecule has 2 rings (SSSR count). The number of halogens is 1. The van der Waals surface area contributed by atoms with Gasteiger partial charge in [0.05, 0.1) is 13.2 Å². The molecule has 0 unspecified atom stereocenters. The minimum Gasteiger partial charge on any atom is -0.504 e. The topological polar surface area (TPSA) is 42.6 Å². The van der Waals surface area contributed by atoms with Gasteiger partial charge in [0.1, 0.15) is 12.8 Å².